The maximum absolute atomic E-state index is 11.2. The topological polar surface area (TPSA) is 53.3 Å². The number of hydrogen-bond acceptors (Lipinski definition) is 4. The fourth-order valence-electron chi connectivity index (χ4n) is 1.02. The standard InChI is InChI=1S/C10H10N2O2/c1-12(7-11)9-5-3-4-8(6-9)10(13)14-2/h3-6H,1-2H3. The van der Waals surface area contributed by atoms with Gasteiger partial charge in [0.25, 0.3) is 0 Å². The lowest BCUT2D eigenvalue weighted by molar-refractivity contribution is 0.0601. The Bertz CT molecular complexity index is 382. The van der Waals surface area contributed by atoms with Crippen LogP contribution in [-0.4, -0.2) is 20.1 Å². The summed E-state index contributed by atoms with van der Waals surface area (Å²) in [4.78, 5) is 12.5. The third-order valence-corrected chi connectivity index (χ3v) is 1.80. The van der Waals surface area contributed by atoms with E-state index in [4.69, 9.17) is 5.26 Å². The maximum Gasteiger partial charge on any atom is 0.337 e. The number of ether oxygens (including phenoxy) is 1. The molecule has 0 aliphatic carbocycles. The van der Waals surface area contributed by atoms with Crippen LogP contribution in [0.25, 0.3) is 0 Å². The number of nitrogens with zero attached hydrogens (tertiary/aromatic N) is 2. The Morgan fingerprint density at radius 1 is 1.57 bits per heavy atom. The molecule has 0 heterocycles. The van der Waals surface area contributed by atoms with Crippen LogP contribution in [0.3, 0.4) is 0 Å². The third kappa shape index (κ3) is 2.02. The van der Waals surface area contributed by atoms with Crippen LogP contribution in [0.5, 0.6) is 0 Å². The molecule has 1 rings (SSSR count). The predicted octanol–water partition coefficient (Wildman–Crippen LogP) is 1.39. The second-order valence-corrected chi connectivity index (χ2v) is 2.70. The Morgan fingerprint density at radius 3 is 2.86 bits per heavy atom. The summed E-state index contributed by atoms with van der Waals surface area (Å²) in [6.45, 7) is 0. The molecular formula is C10H10N2O2. The van der Waals surface area contributed by atoms with Crippen molar-refractivity contribution < 1.29 is 9.53 Å². The van der Waals surface area contributed by atoms with Crippen molar-refractivity contribution in [2.45, 2.75) is 0 Å². The number of nitriles is 1. The lowest BCUT2D eigenvalue weighted by atomic mass is 10.2. The number of carbonyl (C=O) groups excluding carboxylic acids is 1. The van der Waals surface area contributed by atoms with Crippen molar-refractivity contribution in [3.63, 3.8) is 0 Å². The van der Waals surface area contributed by atoms with E-state index in [1.807, 2.05) is 6.19 Å². The number of esters is 1. The molecule has 72 valence electrons. The number of hydrogen-bond donors (Lipinski definition) is 0. The first kappa shape index (κ1) is 10.1. The van der Waals surface area contributed by atoms with E-state index in [9.17, 15) is 4.79 Å². The highest BCUT2D eigenvalue weighted by Gasteiger charge is 2.06. The van der Waals surface area contributed by atoms with Crippen molar-refractivity contribution in [3.05, 3.63) is 29.8 Å². The number of benzene rings is 1. The molecule has 0 aromatic heterocycles. The summed E-state index contributed by atoms with van der Waals surface area (Å²) in [7, 11) is 2.94. The molecule has 0 amide bonds. The number of anilines is 1. The van der Waals surface area contributed by atoms with Crippen LogP contribution < -0.4 is 4.90 Å². The van der Waals surface area contributed by atoms with Crippen LogP contribution in [0.4, 0.5) is 5.69 Å². The van der Waals surface area contributed by atoms with Gasteiger partial charge in [-0.05, 0) is 18.2 Å². The van der Waals surface area contributed by atoms with Crippen molar-refractivity contribution >= 4 is 11.7 Å². The van der Waals surface area contributed by atoms with E-state index in [0.29, 0.717) is 11.3 Å². The van der Waals surface area contributed by atoms with Gasteiger partial charge in [-0.1, -0.05) is 6.07 Å². The monoisotopic (exact) mass is 190 g/mol. The molecular weight excluding hydrogens is 180 g/mol. The molecule has 0 aliphatic heterocycles. The molecule has 0 saturated heterocycles. The Kier molecular flexibility index (Phi) is 3.08. The normalized spacial score (nSPS) is 8.93. The van der Waals surface area contributed by atoms with Gasteiger partial charge in [-0.25, -0.2) is 4.79 Å². The third-order valence-electron chi connectivity index (χ3n) is 1.80. The van der Waals surface area contributed by atoms with Gasteiger partial charge in [0, 0.05) is 7.05 Å². The summed E-state index contributed by atoms with van der Waals surface area (Å²) in [5.41, 5.74) is 1.10. The molecule has 0 bridgehead atoms. The molecule has 4 heteroatoms. The highest BCUT2D eigenvalue weighted by molar-refractivity contribution is 5.90. The van der Waals surface area contributed by atoms with Crippen LogP contribution in [0.1, 0.15) is 10.4 Å². The molecule has 1 aromatic carbocycles. The number of rotatable bonds is 2. The average Bonchev–Trinajstić information content (AvgIpc) is 2.27. The van der Waals surface area contributed by atoms with Gasteiger partial charge in [-0.3, -0.25) is 4.90 Å². The van der Waals surface area contributed by atoms with Gasteiger partial charge >= 0.3 is 5.97 Å². The fraction of sp³-hybridized carbons (Fsp3) is 0.200. The lowest BCUT2D eigenvalue weighted by Crippen LogP contribution is -2.09. The summed E-state index contributed by atoms with van der Waals surface area (Å²) in [5, 5.41) is 8.63. The molecule has 1 aromatic rings. The fourth-order valence-corrected chi connectivity index (χ4v) is 1.02. The zero-order valence-electron chi connectivity index (χ0n) is 8.02. The molecule has 0 aliphatic rings. The predicted molar refractivity (Wildman–Crippen MR) is 51.8 cm³/mol. The Balaban J connectivity index is 3.02. The smallest absolute Gasteiger partial charge is 0.337 e. The first-order valence-corrected chi connectivity index (χ1v) is 4.01. The second kappa shape index (κ2) is 4.28. The van der Waals surface area contributed by atoms with Crippen molar-refractivity contribution in [2.24, 2.45) is 0 Å². The SMILES string of the molecule is COC(=O)c1cccc(N(C)C#N)c1. The summed E-state index contributed by atoms with van der Waals surface area (Å²) < 4.78 is 4.56. The number of carbonyl (C=O) groups is 1. The van der Waals surface area contributed by atoms with Gasteiger partial charge < -0.3 is 4.74 Å². The van der Waals surface area contributed by atoms with Gasteiger partial charge in [0.05, 0.1) is 18.4 Å². The molecule has 14 heavy (non-hydrogen) atoms. The summed E-state index contributed by atoms with van der Waals surface area (Å²) in [6, 6.07) is 6.70. The highest BCUT2D eigenvalue weighted by atomic mass is 16.5. The van der Waals surface area contributed by atoms with Gasteiger partial charge in [0.2, 0.25) is 0 Å². The number of methoxy groups -OCH3 is 1. The van der Waals surface area contributed by atoms with Crippen molar-refractivity contribution in [1.29, 1.82) is 5.26 Å². The van der Waals surface area contributed by atoms with Gasteiger partial charge in [0.1, 0.15) is 0 Å². The van der Waals surface area contributed by atoms with E-state index in [1.54, 1.807) is 31.3 Å². The molecule has 0 spiro atoms. The van der Waals surface area contributed by atoms with E-state index in [-0.39, 0.29) is 0 Å². The molecule has 0 saturated carbocycles. The van der Waals surface area contributed by atoms with E-state index < -0.39 is 5.97 Å². The quantitative estimate of drug-likeness (QED) is 0.401. The first-order valence-electron chi connectivity index (χ1n) is 4.01. The van der Waals surface area contributed by atoms with Gasteiger partial charge in [-0.2, -0.15) is 5.26 Å². The van der Waals surface area contributed by atoms with Gasteiger partial charge in [-0.15, -0.1) is 0 Å². The highest BCUT2D eigenvalue weighted by Crippen LogP contribution is 2.14. The zero-order chi connectivity index (χ0) is 10.6. The van der Waals surface area contributed by atoms with E-state index in [2.05, 4.69) is 4.74 Å². The van der Waals surface area contributed by atoms with Crippen LogP contribution in [0.2, 0.25) is 0 Å². The first-order chi connectivity index (χ1) is 6.69. The molecule has 0 radical (unpaired) electrons. The summed E-state index contributed by atoms with van der Waals surface area (Å²) in [5.74, 6) is -0.404. The maximum atomic E-state index is 11.2. The van der Waals surface area contributed by atoms with Crippen LogP contribution >= 0.6 is 0 Å². The Labute approximate surface area is 82.3 Å². The molecule has 0 unspecified atom stereocenters. The zero-order valence-corrected chi connectivity index (χ0v) is 8.02. The minimum Gasteiger partial charge on any atom is -0.465 e. The largest absolute Gasteiger partial charge is 0.465 e. The van der Waals surface area contributed by atoms with Crippen molar-refractivity contribution in [3.8, 4) is 6.19 Å². The van der Waals surface area contributed by atoms with Crippen molar-refractivity contribution in [2.75, 3.05) is 19.1 Å². The van der Waals surface area contributed by atoms with Crippen LogP contribution in [-0.2, 0) is 4.74 Å². The summed E-state index contributed by atoms with van der Waals surface area (Å²) in [6.07, 6.45) is 1.95. The van der Waals surface area contributed by atoms with E-state index >= 15 is 0 Å². The molecule has 4 nitrogen and oxygen atoms in total. The Morgan fingerprint density at radius 2 is 2.29 bits per heavy atom. The Hall–Kier alpha value is -2.02. The van der Waals surface area contributed by atoms with Crippen LogP contribution in [0, 0.1) is 11.5 Å². The van der Waals surface area contributed by atoms with Crippen molar-refractivity contribution in [1.82, 2.24) is 0 Å². The van der Waals surface area contributed by atoms with Gasteiger partial charge in [0.15, 0.2) is 6.19 Å². The minimum absolute atomic E-state index is 0.404. The second-order valence-electron chi connectivity index (χ2n) is 2.70. The molecule has 0 atom stereocenters. The molecule has 0 fully saturated rings. The van der Waals surface area contributed by atoms with E-state index in [0.717, 1.165) is 0 Å². The van der Waals surface area contributed by atoms with Crippen LogP contribution in [0.15, 0.2) is 24.3 Å². The lowest BCUT2D eigenvalue weighted by Gasteiger charge is -2.09. The minimum atomic E-state index is -0.404. The average molecular weight is 190 g/mol. The molecule has 0 N–H and O–H groups in total. The van der Waals surface area contributed by atoms with E-state index in [1.165, 1.54) is 12.0 Å². The summed E-state index contributed by atoms with van der Waals surface area (Å²) >= 11 is 0.